The maximum Gasteiger partial charge on any atom is 0.322 e. The van der Waals surface area contributed by atoms with E-state index in [1.807, 2.05) is 12.3 Å². The van der Waals surface area contributed by atoms with Crippen LogP contribution in [0.15, 0.2) is 22.9 Å². The molecule has 0 aromatic carbocycles. The first-order valence-electron chi connectivity index (χ1n) is 5.91. The molecule has 0 amide bonds. The third-order valence-electron chi connectivity index (χ3n) is 2.49. The molecule has 2 aromatic rings. The normalized spacial score (nSPS) is 11.3. The molecule has 0 aliphatic rings. The Labute approximate surface area is 101 Å². The molecule has 17 heavy (non-hydrogen) atoms. The minimum Gasteiger partial charge on any atom is -0.430 e. The largest absolute Gasteiger partial charge is 0.430 e. The zero-order valence-corrected chi connectivity index (χ0v) is 10.5. The topological polar surface area (TPSA) is 55.9 Å². The molecular weight excluding hydrogens is 216 g/mol. The fraction of sp³-hybridized carbons (Fsp3) is 0.500. The van der Waals surface area contributed by atoms with Crippen LogP contribution in [0.2, 0.25) is 0 Å². The number of hydrogen-bond acceptors (Lipinski definition) is 4. The second kappa shape index (κ2) is 5.14. The predicted molar refractivity (Wildman–Crippen MR) is 65.1 cm³/mol. The lowest BCUT2D eigenvalue weighted by molar-refractivity contribution is 0.506. The van der Waals surface area contributed by atoms with Crippen molar-refractivity contribution >= 4 is 0 Å². The fourth-order valence-corrected chi connectivity index (χ4v) is 1.49. The highest BCUT2D eigenvalue weighted by atomic mass is 16.4. The molecule has 5 nitrogen and oxygen atoms in total. The summed E-state index contributed by atoms with van der Waals surface area (Å²) in [5, 5.41) is 7.61. The van der Waals surface area contributed by atoms with Gasteiger partial charge in [0.1, 0.15) is 6.26 Å². The van der Waals surface area contributed by atoms with Crippen LogP contribution < -0.4 is 5.32 Å². The lowest BCUT2D eigenvalue weighted by Gasteiger charge is -1.97. The average Bonchev–Trinajstić information content (AvgIpc) is 2.94. The molecule has 1 N–H and O–H groups in total. The molecule has 2 rings (SSSR count). The maximum atomic E-state index is 5.39. The Balaban J connectivity index is 2.13. The molecule has 0 fully saturated rings. The van der Waals surface area contributed by atoms with Gasteiger partial charge in [0.05, 0.1) is 11.4 Å². The highest BCUT2D eigenvalue weighted by molar-refractivity contribution is 5.13. The van der Waals surface area contributed by atoms with Gasteiger partial charge in [0.2, 0.25) is 0 Å². The number of aromatic nitrogens is 3. The van der Waals surface area contributed by atoms with E-state index in [4.69, 9.17) is 4.42 Å². The maximum absolute atomic E-state index is 5.39. The first-order valence-corrected chi connectivity index (χ1v) is 5.91. The molecule has 2 heterocycles. The molecule has 0 bridgehead atoms. The first-order chi connectivity index (χ1) is 8.20. The number of rotatable bonds is 5. The summed E-state index contributed by atoms with van der Waals surface area (Å²) < 4.78 is 7.06. The van der Waals surface area contributed by atoms with Gasteiger partial charge in [-0.15, -0.1) is 0 Å². The van der Waals surface area contributed by atoms with Gasteiger partial charge in [0, 0.05) is 12.7 Å². The molecule has 0 aliphatic heterocycles. The molecule has 0 spiro atoms. The summed E-state index contributed by atoms with van der Waals surface area (Å²) in [4.78, 5) is 4.36. The average molecular weight is 234 g/mol. The smallest absolute Gasteiger partial charge is 0.322 e. The molecule has 92 valence electrons. The fourth-order valence-electron chi connectivity index (χ4n) is 1.49. The summed E-state index contributed by atoms with van der Waals surface area (Å²) in [7, 11) is 0. The van der Waals surface area contributed by atoms with Crippen LogP contribution in [0.25, 0.3) is 6.01 Å². The van der Waals surface area contributed by atoms with Crippen molar-refractivity contribution in [1.82, 2.24) is 20.1 Å². The van der Waals surface area contributed by atoms with Gasteiger partial charge in [-0.2, -0.15) is 14.8 Å². The Morgan fingerprint density at radius 3 is 2.94 bits per heavy atom. The standard InChI is InChI=1S/C12H18N4O/c1-4-13-7-10-8-17-12(14-10)16-6-5-11(15-16)9(2)3/h5-6,8-9,13H,4,7H2,1-3H3. The molecule has 0 aliphatic carbocycles. The van der Waals surface area contributed by atoms with E-state index in [0.717, 1.165) is 24.5 Å². The highest BCUT2D eigenvalue weighted by Gasteiger charge is 2.09. The van der Waals surface area contributed by atoms with Crippen LogP contribution >= 0.6 is 0 Å². The second-order valence-corrected chi connectivity index (χ2v) is 4.24. The lowest BCUT2D eigenvalue weighted by atomic mass is 10.1. The predicted octanol–water partition coefficient (Wildman–Crippen LogP) is 2.09. The minimum atomic E-state index is 0.410. The van der Waals surface area contributed by atoms with E-state index in [0.29, 0.717) is 11.9 Å². The van der Waals surface area contributed by atoms with Gasteiger partial charge in [-0.3, -0.25) is 0 Å². The first kappa shape index (κ1) is 11.9. The van der Waals surface area contributed by atoms with Crippen molar-refractivity contribution in [3.8, 4) is 6.01 Å². The Morgan fingerprint density at radius 2 is 2.29 bits per heavy atom. The summed E-state index contributed by atoms with van der Waals surface area (Å²) in [5.41, 5.74) is 1.93. The van der Waals surface area contributed by atoms with E-state index in [9.17, 15) is 0 Å². The Bertz CT molecular complexity index is 472. The van der Waals surface area contributed by atoms with Crippen LogP contribution in [0.3, 0.4) is 0 Å². The van der Waals surface area contributed by atoms with Crippen LogP contribution in [0.1, 0.15) is 38.1 Å². The quantitative estimate of drug-likeness (QED) is 0.860. The van der Waals surface area contributed by atoms with E-state index in [1.54, 1.807) is 10.9 Å². The SMILES string of the molecule is CCNCc1coc(-n2ccc(C(C)C)n2)n1. The van der Waals surface area contributed by atoms with E-state index in [1.165, 1.54) is 0 Å². The van der Waals surface area contributed by atoms with Gasteiger partial charge in [0.15, 0.2) is 0 Å². The van der Waals surface area contributed by atoms with Crippen LogP contribution in [-0.2, 0) is 6.54 Å². The lowest BCUT2D eigenvalue weighted by Crippen LogP contribution is -2.12. The van der Waals surface area contributed by atoms with Crippen LogP contribution in [0.5, 0.6) is 0 Å². The molecule has 0 saturated heterocycles. The van der Waals surface area contributed by atoms with Gasteiger partial charge in [-0.1, -0.05) is 20.8 Å². The van der Waals surface area contributed by atoms with E-state index in [-0.39, 0.29) is 0 Å². The third-order valence-corrected chi connectivity index (χ3v) is 2.49. The molecular formula is C12H18N4O. The Morgan fingerprint density at radius 1 is 1.47 bits per heavy atom. The van der Waals surface area contributed by atoms with Gasteiger partial charge in [0.25, 0.3) is 0 Å². The summed E-state index contributed by atoms with van der Waals surface area (Å²) in [5.74, 6) is 0.410. The monoisotopic (exact) mass is 234 g/mol. The molecule has 0 radical (unpaired) electrons. The Hall–Kier alpha value is -1.62. The zero-order chi connectivity index (χ0) is 12.3. The number of oxazole rings is 1. The van der Waals surface area contributed by atoms with Crippen molar-refractivity contribution in [2.75, 3.05) is 6.54 Å². The van der Waals surface area contributed by atoms with Gasteiger partial charge < -0.3 is 9.73 Å². The number of nitrogens with one attached hydrogen (secondary N) is 1. The molecule has 0 atom stereocenters. The van der Waals surface area contributed by atoms with E-state index in [2.05, 4.69) is 36.2 Å². The third kappa shape index (κ3) is 2.74. The zero-order valence-electron chi connectivity index (χ0n) is 10.5. The summed E-state index contributed by atoms with van der Waals surface area (Å²) >= 11 is 0. The van der Waals surface area contributed by atoms with Crippen molar-refractivity contribution in [2.45, 2.75) is 33.2 Å². The van der Waals surface area contributed by atoms with Gasteiger partial charge >= 0.3 is 6.01 Å². The number of nitrogens with zero attached hydrogens (tertiary/aromatic N) is 3. The van der Waals surface area contributed by atoms with Crippen molar-refractivity contribution in [1.29, 1.82) is 0 Å². The molecule has 0 saturated carbocycles. The van der Waals surface area contributed by atoms with E-state index < -0.39 is 0 Å². The van der Waals surface area contributed by atoms with Crippen molar-refractivity contribution < 1.29 is 4.42 Å². The summed E-state index contributed by atoms with van der Waals surface area (Å²) in [6.45, 7) is 7.92. The minimum absolute atomic E-state index is 0.410. The molecule has 5 heteroatoms. The highest BCUT2D eigenvalue weighted by Crippen LogP contribution is 2.13. The van der Waals surface area contributed by atoms with Gasteiger partial charge in [-0.05, 0) is 18.5 Å². The summed E-state index contributed by atoms with van der Waals surface area (Å²) in [6.07, 6.45) is 3.53. The van der Waals surface area contributed by atoms with Crippen LogP contribution in [0.4, 0.5) is 0 Å². The molecule has 2 aromatic heterocycles. The van der Waals surface area contributed by atoms with Gasteiger partial charge in [-0.25, -0.2) is 0 Å². The summed E-state index contributed by atoms with van der Waals surface area (Å²) in [6, 6.07) is 2.50. The van der Waals surface area contributed by atoms with E-state index >= 15 is 0 Å². The van der Waals surface area contributed by atoms with Crippen molar-refractivity contribution in [2.24, 2.45) is 0 Å². The second-order valence-electron chi connectivity index (χ2n) is 4.24. The Kier molecular flexibility index (Phi) is 3.58. The van der Waals surface area contributed by atoms with Crippen molar-refractivity contribution in [3.05, 3.63) is 29.9 Å². The van der Waals surface area contributed by atoms with Crippen LogP contribution in [0, 0.1) is 0 Å². The number of hydrogen-bond donors (Lipinski definition) is 1. The van der Waals surface area contributed by atoms with Crippen LogP contribution in [-0.4, -0.2) is 21.3 Å². The molecule has 0 unspecified atom stereocenters. The van der Waals surface area contributed by atoms with Crippen molar-refractivity contribution in [3.63, 3.8) is 0 Å².